The van der Waals surface area contributed by atoms with Crippen LogP contribution in [0.1, 0.15) is 28.8 Å². The Morgan fingerprint density at radius 2 is 2.15 bits per heavy atom. The van der Waals surface area contributed by atoms with Crippen molar-refractivity contribution in [3.63, 3.8) is 0 Å². The Kier molecular flexibility index (Phi) is 4.35. The normalized spacial score (nSPS) is 25.0. The molecule has 1 aromatic carbocycles. The SMILES string of the molecule is Cc1cc(F)cc(C(=O)N2CCC3(CCNC3)C2)c1.Cl. The van der Waals surface area contributed by atoms with Gasteiger partial charge < -0.3 is 10.2 Å². The first-order chi connectivity index (χ1) is 9.08. The Morgan fingerprint density at radius 3 is 2.80 bits per heavy atom. The molecule has 2 aliphatic heterocycles. The Balaban J connectivity index is 0.00000147. The number of carbonyl (C=O) groups excluding carboxylic acids is 1. The number of halogens is 2. The molecule has 1 N–H and O–H groups in total. The standard InChI is InChI=1S/C15H19FN2O.ClH/c1-11-6-12(8-13(16)7-11)14(19)18-5-3-15(10-18)2-4-17-9-15;/h6-8,17H,2-5,9-10H2,1H3;1H. The van der Waals surface area contributed by atoms with Crippen molar-refractivity contribution >= 4 is 18.3 Å². The van der Waals surface area contributed by atoms with Gasteiger partial charge in [0.1, 0.15) is 5.82 Å². The molecule has 1 aromatic rings. The average molecular weight is 299 g/mol. The van der Waals surface area contributed by atoms with Gasteiger partial charge in [0.15, 0.2) is 0 Å². The van der Waals surface area contributed by atoms with E-state index in [1.165, 1.54) is 12.1 Å². The molecular weight excluding hydrogens is 279 g/mol. The van der Waals surface area contributed by atoms with Gasteiger partial charge in [-0.25, -0.2) is 4.39 Å². The van der Waals surface area contributed by atoms with Gasteiger partial charge in [-0.2, -0.15) is 0 Å². The van der Waals surface area contributed by atoms with Crippen LogP contribution in [0.4, 0.5) is 4.39 Å². The summed E-state index contributed by atoms with van der Waals surface area (Å²) in [6, 6.07) is 4.56. The molecule has 1 spiro atoms. The number of nitrogens with one attached hydrogen (secondary N) is 1. The quantitative estimate of drug-likeness (QED) is 0.863. The number of carbonyl (C=O) groups is 1. The monoisotopic (exact) mass is 298 g/mol. The lowest BCUT2D eigenvalue weighted by molar-refractivity contribution is 0.0775. The van der Waals surface area contributed by atoms with Gasteiger partial charge in [0.25, 0.3) is 5.91 Å². The number of benzene rings is 1. The van der Waals surface area contributed by atoms with E-state index in [2.05, 4.69) is 5.32 Å². The van der Waals surface area contributed by atoms with Crippen molar-refractivity contribution in [2.24, 2.45) is 5.41 Å². The first kappa shape index (κ1) is 15.3. The van der Waals surface area contributed by atoms with Gasteiger partial charge in [0, 0.05) is 30.6 Å². The Hall–Kier alpha value is -1.13. The van der Waals surface area contributed by atoms with Crippen LogP contribution in [0.25, 0.3) is 0 Å². The van der Waals surface area contributed by atoms with E-state index in [-0.39, 0.29) is 29.5 Å². The third-order valence-electron chi connectivity index (χ3n) is 4.35. The van der Waals surface area contributed by atoms with E-state index >= 15 is 0 Å². The van der Waals surface area contributed by atoms with Crippen molar-refractivity contribution in [2.75, 3.05) is 26.2 Å². The van der Waals surface area contributed by atoms with E-state index < -0.39 is 0 Å². The van der Waals surface area contributed by atoms with Crippen molar-refractivity contribution in [3.05, 3.63) is 35.1 Å². The number of likely N-dealkylation sites (tertiary alicyclic amines) is 1. The summed E-state index contributed by atoms with van der Waals surface area (Å²) < 4.78 is 13.4. The lowest BCUT2D eigenvalue weighted by atomic mass is 9.86. The molecule has 3 rings (SSSR count). The molecule has 5 heteroatoms. The highest BCUT2D eigenvalue weighted by molar-refractivity contribution is 5.94. The van der Waals surface area contributed by atoms with Crippen LogP contribution < -0.4 is 5.32 Å². The fourth-order valence-electron chi connectivity index (χ4n) is 3.29. The van der Waals surface area contributed by atoms with Crippen LogP contribution in [-0.2, 0) is 0 Å². The zero-order valence-corrected chi connectivity index (χ0v) is 12.4. The van der Waals surface area contributed by atoms with E-state index in [4.69, 9.17) is 0 Å². The number of rotatable bonds is 1. The molecule has 0 aromatic heterocycles. The molecule has 3 nitrogen and oxygen atoms in total. The van der Waals surface area contributed by atoms with Crippen molar-refractivity contribution in [3.8, 4) is 0 Å². The maximum atomic E-state index is 13.4. The molecule has 1 atom stereocenters. The van der Waals surface area contributed by atoms with Crippen molar-refractivity contribution in [2.45, 2.75) is 19.8 Å². The van der Waals surface area contributed by atoms with Gasteiger partial charge in [0.05, 0.1) is 0 Å². The van der Waals surface area contributed by atoms with E-state index in [1.807, 2.05) is 11.8 Å². The fraction of sp³-hybridized carbons (Fsp3) is 0.533. The minimum atomic E-state index is -0.334. The van der Waals surface area contributed by atoms with Crippen LogP contribution in [0.15, 0.2) is 18.2 Å². The molecule has 2 fully saturated rings. The molecule has 2 aliphatic rings. The van der Waals surface area contributed by atoms with Gasteiger partial charge in [-0.15, -0.1) is 12.4 Å². The maximum absolute atomic E-state index is 13.4. The van der Waals surface area contributed by atoms with Gasteiger partial charge >= 0.3 is 0 Å². The van der Waals surface area contributed by atoms with E-state index in [0.717, 1.165) is 44.6 Å². The Bertz CT molecular complexity index is 494. The predicted octanol–water partition coefficient (Wildman–Crippen LogP) is 2.38. The Labute approximate surface area is 124 Å². The van der Waals surface area contributed by atoms with Crippen molar-refractivity contribution in [1.82, 2.24) is 10.2 Å². The molecule has 20 heavy (non-hydrogen) atoms. The van der Waals surface area contributed by atoms with Crippen molar-refractivity contribution in [1.29, 1.82) is 0 Å². The Morgan fingerprint density at radius 1 is 1.35 bits per heavy atom. The maximum Gasteiger partial charge on any atom is 0.253 e. The van der Waals surface area contributed by atoms with Crippen LogP contribution >= 0.6 is 12.4 Å². The minimum absolute atomic E-state index is 0. The molecule has 1 unspecified atom stereocenters. The first-order valence-corrected chi connectivity index (χ1v) is 6.85. The van der Waals surface area contributed by atoms with Crippen molar-refractivity contribution < 1.29 is 9.18 Å². The summed E-state index contributed by atoms with van der Waals surface area (Å²) in [4.78, 5) is 14.3. The van der Waals surface area contributed by atoms with E-state index in [0.29, 0.717) is 5.56 Å². The van der Waals surface area contributed by atoms with Crippen LogP contribution in [-0.4, -0.2) is 37.0 Å². The zero-order valence-electron chi connectivity index (χ0n) is 11.6. The molecule has 110 valence electrons. The molecule has 0 radical (unpaired) electrons. The number of hydrogen-bond acceptors (Lipinski definition) is 2. The topological polar surface area (TPSA) is 32.3 Å². The smallest absolute Gasteiger partial charge is 0.253 e. The van der Waals surface area contributed by atoms with Gasteiger partial charge in [0.2, 0.25) is 0 Å². The summed E-state index contributed by atoms with van der Waals surface area (Å²) in [5.41, 5.74) is 1.53. The highest BCUT2D eigenvalue weighted by Crippen LogP contribution is 2.36. The zero-order chi connectivity index (χ0) is 13.5. The number of hydrogen-bond donors (Lipinski definition) is 1. The molecular formula is C15H20ClFN2O. The average Bonchev–Trinajstić information content (AvgIpc) is 2.98. The summed E-state index contributed by atoms with van der Waals surface area (Å²) in [5, 5.41) is 3.37. The van der Waals surface area contributed by atoms with E-state index in [9.17, 15) is 9.18 Å². The summed E-state index contributed by atoms with van der Waals surface area (Å²) in [7, 11) is 0. The molecule has 1 amide bonds. The highest BCUT2D eigenvalue weighted by Gasteiger charge is 2.41. The summed E-state index contributed by atoms with van der Waals surface area (Å²) in [6.07, 6.45) is 2.19. The minimum Gasteiger partial charge on any atom is -0.338 e. The largest absolute Gasteiger partial charge is 0.338 e. The summed E-state index contributed by atoms with van der Waals surface area (Å²) in [5.74, 6) is -0.369. The number of amides is 1. The van der Waals surface area contributed by atoms with Crippen LogP contribution in [0.2, 0.25) is 0 Å². The number of aryl methyl sites for hydroxylation is 1. The molecule has 2 heterocycles. The molecule has 0 bridgehead atoms. The lowest BCUT2D eigenvalue weighted by Crippen LogP contribution is -2.33. The first-order valence-electron chi connectivity index (χ1n) is 6.85. The van der Waals surface area contributed by atoms with Crippen LogP contribution in [0.5, 0.6) is 0 Å². The third kappa shape index (κ3) is 2.81. The van der Waals surface area contributed by atoms with Gasteiger partial charge in [-0.1, -0.05) is 0 Å². The molecule has 0 aliphatic carbocycles. The van der Waals surface area contributed by atoms with Gasteiger partial charge in [-0.05, 0) is 50.1 Å². The summed E-state index contributed by atoms with van der Waals surface area (Å²) in [6.45, 7) is 5.44. The lowest BCUT2D eigenvalue weighted by Gasteiger charge is -2.22. The second kappa shape index (κ2) is 5.70. The fourth-order valence-corrected chi connectivity index (χ4v) is 3.29. The second-order valence-electron chi connectivity index (χ2n) is 5.92. The van der Waals surface area contributed by atoms with E-state index in [1.54, 1.807) is 6.07 Å². The number of nitrogens with zero attached hydrogens (tertiary/aromatic N) is 1. The summed E-state index contributed by atoms with van der Waals surface area (Å²) >= 11 is 0. The molecule has 2 saturated heterocycles. The van der Waals surface area contributed by atoms with Gasteiger partial charge in [-0.3, -0.25) is 4.79 Å². The van der Waals surface area contributed by atoms with Crippen LogP contribution in [0, 0.1) is 18.2 Å². The predicted molar refractivity (Wildman–Crippen MR) is 78.8 cm³/mol. The third-order valence-corrected chi connectivity index (χ3v) is 4.35. The molecule has 0 saturated carbocycles. The second-order valence-corrected chi connectivity index (χ2v) is 5.92. The van der Waals surface area contributed by atoms with Crippen LogP contribution in [0.3, 0.4) is 0 Å². The highest BCUT2D eigenvalue weighted by atomic mass is 35.5.